The van der Waals surface area contributed by atoms with Gasteiger partial charge < -0.3 is 19.3 Å². The number of benzene rings is 1. The van der Waals surface area contributed by atoms with E-state index in [-0.39, 0.29) is 17.4 Å². The Balaban J connectivity index is 1.27. The Morgan fingerprint density at radius 1 is 0.970 bits per heavy atom. The molecule has 0 saturated carbocycles. The Morgan fingerprint density at radius 3 is 2.48 bits per heavy atom. The van der Waals surface area contributed by atoms with Crippen LogP contribution in [-0.2, 0) is 11.3 Å². The van der Waals surface area contributed by atoms with Crippen molar-refractivity contribution in [1.82, 2.24) is 19.4 Å². The SMILES string of the molecule is CCn1c(=O)c(N2CCC[C@@H](C(=O)N3CCC(N4CCCCC4)CC3)C2)nc2ccccc21. The summed E-state index contributed by atoms with van der Waals surface area (Å²) < 4.78 is 1.80. The number of fused-ring (bicyclic) bond motifs is 1. The first-order chi connectivity index (χ1) is 16.2. The van der Waals surface area contributed by atoms with Crippen molar-refractivity contribution in [2.75, 3.05) is 44.2 Å². The Kier molecular flexibility index (Phi) is 6.67. The third-order valence-electron chi connectivity index (χ3n) is 7.90. The lowest BCUT2D eigenvalue weighted by atomic mass is 9.94. The highest BCUT2D eigenvalue weighted by atomic mass is 16.2. The van der Waals surface area contributed by atoms with Crippen LogP contribution in [0.15, 0.2) is 29.1 Å². The van der Waals surface area contributed by atoms with E-state index in [1.807, 2.05) is 31.2 Å². The van der Waals surface area contributed by atoms with E-state index in [0.29, 0.717) is 24.9 Å². The van der Waals surface area contributed by atoms with Gasteiger partial charge in [-0.3, -0.25) is 9.59 Å². The van der Waals surface area contributed by atoms with Gasteiger partial charge in [-0.2, -0.15) is 0 Å². The van der Waals surface area contributed by atoms with Crippen molar-refractivity contribution in [3.05, 3.63) is 34.6 Å². The zero-order chi connectivity index (χ0) is 22.8. The molecule has 3 aliphatic rings. The second kappa shape index (κ2) is 9.84. The van der Waals surface area contributed by atoms with Gasteiger partial charge in [0, 0.05) is 38.8 Å². The van der Waals surface area contributed by atoms with Crippen molar-refractivity contribution in [3.8, 4) is 0 Å². The highest BCUT2D eigenvalue weighted by Crippen LogP contribution is 2.26. The second-order valence-corrected chi connectivity index (χ2v) is 9.91. The maximum absolute atomic E-state index is 13.4. The minimum atomic E-state index is -0.0494. The third kappa shape index (κ3) is 4.52. The average molecular weight is 452 g/mol. The van der Waals surface area contributed by atoms with Crippen LogP contribution < -0.4 is 10.5 Å². The quantitative estimate of drug-likeness (QED) is 0.715. The number of anilines is 1. The molecule has 178 valence electrons. The van der Waals surface area contributed by atoms with Gasteiger partial charge in [0.2, 0.25) is 5.91 Å². The van der Waals surface area contributed by atoms with E-state index >= 15 is 0 Å². The smallest absolute Gasteiger partial charge is 0.293 e. The van der Waals surface area contributed by atoms with Gasteiger partial charge in [0.25, 0.3) is 5.56 Å². The molecule has 0 bridgehead atoms. The predicted octanol–water partition coefficient (Wildman–Crippen LogP) is 3.11. The average Bonchev–Trinajstić information content (AvgIpc) is 2.88. The summed E-state index contributed by atoms with van der Waals surface area (Å²) in [6.07, 6.45) is 8.00. The van der Waals surface area contributed by atoms with Crippen LogP contribution in [0, 0.1) is 5.92 Å². The van der Waals surface area contributed by atoms with Crippen LogP contribution in [0.1, 0.15) is 51.9 Å². The van der Waals surface area contributed by atoms with E-state index < -0.39 is 0 Å². The molecule has 0 N–H and O–H groups in total. The monoisotopic (exact) mass is 451 g/mol. The second-order valence-electron chi connectivity index (χ2n) is 9.91. The first-order valence-electron chi connectivity index (χ1n) is 12.9. The van der Waals surface area contributed by atoms with E-state index in [1.54, 1.807) is 4.57 Å². The summed E-state index contributed by atoms with van der Waals surface area (Å²) in [5.41, 5.74) is 1.66. The van der Waals surface area contributed by atoms with E-state index in [9.17, 15) is 9.59 Å². The number of carbonyl (C=O) groups excluding carboxylic acids is 1. The molecule has 1 amide bonds. The molecule has 1 atom stereocenters. The molecule has 0 unspecified atom stereocenters. The molecule has 3 aliphatic heterocycles. The van der Waals surface area contributed by atoms with E-state index in [1.165, 1.54) is 32.4 Å². The number of para-hydroxylation sites is 2. The fourth-order valence-corrected chi connectivity index (χ4v) is 6.06. The summed E-state index contributed by atoms with van der Waals surface area (Å²) in [5.74, 6) is 0.721. The molecular weight excluding hydrogens is 414 g/mol. The summed E-state index contributed by atoms with van der Waals surface area (Å²) in [6.45, 7) is 8.17. The molecular formula is C26H37N5O2. The van der Waals surface area contributed by atoms with E-state index in [0.717, 1.165) is 56.4 Å². The Labute approximate surface area is 196 Å². The predicted molar refractivity (Wildman–Crippen MR) is 132 cm³/mol. The van der Waals surface area contributed by atoms with E-state index in [4.69, 9.17) is 4.98 Å². The van der Waals surface area contributed by atoms with Gasteiger partial charge in [-0.05, 0) is 70.7 Å². The zero-order valence-corrected chi connectivity index (χ0v) is 19.9. The Bertz CT molecular complexity index is 1040. The molecule has 2 aromatic rings. The number of nitrogens with zero attached hydrogens (tertiary/aromatic N) is 5. The summed E-state index contributed by atoms with van der Waals surface area (Å²) in [4.78, 5) is 38.2. The number of hydrogen-bond acceptors (Lipinski definition) is 5. The van der Waals surface area contributed by atoms with Crippen molar-refractivity contribution in [3.63, 3.8) is 0 Å². The number of rotatable bonds is 4. The van der Waals surface area contributed by atoms with Gasteiger partial charge >= 0.3 is 0 Å². The highest BCUT2D eigenvalue weighted by molar-refractivity contribution is 5.80. The minimum Gasteiger partial charge on any atom is -0.351 e. The van der Waals surface area contributed by atoms with Crippen molar-refractivity contribution in [1.29, 1.82) is 0 Å². The van der Waals surface area contributed by atoms with Crippen LogP contribution in [0.3, 0.4) is 0 Å². The Hall–Kier alpha value is -2.41. The van der Waals surface area contributed by atoms with Crippen LogP contribution in [-0.4, -0.2) is 70.6 Å². The third-order valence-corrected chi connectivity index (χ3v) is 7.90. The molecule has 7 heteroatoms. The summed E-state index contributed by atoms with van der Waals surface area (Å²) in [6, 6.07) is 8.46. The number of piperidine rings is 3. The molecule has 33 heavy (non-hydrogen) atoms. The summed E-state index contributed by atoms with van der Waals surface area (Å²) in [5, 5.41) is 0. The number of carbonyl (C=O) groups is 1. The fourth-order valence-electron chi connectivity index (χ4n) is 6.06. The first kappa shape index (κ1) is 22.4. The van der Waals surface area contributed by atoms with Crippen molar-refractivity contribution >= 4 is 22.8 Å². The number of aryl methyl sites for hydroxylation is 1. The van der Waals surface area contributed by atoms with Crippen molar-refractivity contribution < 1.29 is 4.79 Å². The molecule has 1 aromatic heterocycles. The molecule has 1 aromatic carbocycles. The molecule has 0 spiro atoms. The maximum Gasteiger partial charge on any atom is 0.293 e. The molecule has 0 radical (unpaired) electrons. The highest BCUT2D eigenvalue weighted by Gasteiger charge is 2.34. The lowest BCUT2D eigenvalue weighted by Crippen LogP contribution is -2.51. The lowest BCUT2D eigenvalue weighted by Gasteiger charge is -2.42. The van der Waals surface area contributed by atoms with Crippen LogP contribution in [0.4, 0.5) is 5.82 Å². The number of hydrogen-bond donors (Lipinski definition) is 0. The zero-order valence-electron chi connectivity index (χ0n) is 19.9. The maximum atomic E-state index is 13.4. The lowest BCUT2D eigenvalue weighted by molar-refractivity contribution is -0.137. The molecule has 7 nitrogen and oxygen atoms in total. The van der Waals surface area contributed by atoms with Gasteiger partial charge in [-0.1, -0.05) is 18.6 Å². The summed E-state index contributed by atoms with van der Waals surface area (Å²) in [7, 11) is 0. The van der Waals surface area contributed by atoms with Gasteiger partial charge in [0.1, 0.15) is 0 Å². The van der Waals surface area contributed by atoms with Crippen LogP contribution in [0.5, 0.6) is 0 Å². The summed E-state index contributed by atoms with van der Waals surface area (Å²) >= 11 is 0. The van der Waals surface area contributed by atoms with Gasteiger partial charge in [0.15, 0.2) is 5.82 Å². The standard InChI is InChI=1S/C26H37N5O2/c1-2-31-23-11-5-4-10-22(23)27-24(26(31)33)30-16-8-9-20(19-30)25(32)29-17-12-21(13-18-29)28-14-6-3-7-15-28/h4-5,10-11,20-21H,2-3,6-9,12-19H2,1H3/t20-/m1/s1. The minimum absolute atomic E-state index is 0.0481. The van der Waals surface area contributed by atoms with Crippen LogP contribution >= 0.6 is 0 Å². The number of aromatic nitrogens is 2. The molecule has 0 aliphatic carbocycles. The van der Waals surface area contributed by atoms with Crippen LogP contribution in [0.25, 0.3) is 11.0 Å². The number of likely N-dealkylation sites (tertiary alicyclic amines) is 2. The Morgan fingerprint density at radius 2 is 1.73 bits per heavy atom. The topological polar surface area (TPSA) is 61.7 Å². The normalized spacial score (nSPS) is 23.2. The fraction of sp³-hybridized carbons (Fsp3) is 0.654. The van der Waals surface area contributed by atoms with Crippen molar-refractivity contribution in [2.24, 2.45) is 5.92 Å². The van der Waals surface area contributed by atoms with Gasteiger partial charge in [0.05, 0.1) is 17.0 Å². The first-order valence-corrected chi connectivity index (χ1v) is 12.9. The van der Waals surface area contributed by atoms with Gasteiger partial charge in [-0.25, -0.2) is 4.98 Å². The molecule has 3 saturated heterocycles. The van der Waals surface area contributed by atoms with Gasteiger partial charge in [-0.15, -0.1) is 0 Å². The largest absolute Gasteiger partial charge is 0.351 e. The molecule has 5 rings (SSSR count). The van der Waals surface area contributed by atoms with E-state index in [2.05, 4.69) is 14.7 Å². The number of amides is 1. The molecule has 3 fully saturated rings. The van der Waals surface area contributed by atoms with Crippen LogP contribution in [0.2, 0.25) is 0 Å². The van der Waals surface area contributed by atoms with Crippen molar-refractivity contribution in [2.45, 2.75) is 64.5 Å². The molecule has 4 heterocycles.